The predicted octanol–water partition coefficient (Wildman–Crippen LogP) is 1.56. The third-order valence-corrected chi connectivity index (χ3v) is 4.05. The molecule has 0 radical (unpaired) electrons. The number of rotatable bonds is 3. The summed E-state index contributed by atoms with van der Waals surface area (Å²) in [6, 6.07) is 7.41. The van der Waals surface area contributed by atoms with Crippen molar-refractivity contribution in [2.45, 2.75) is 0 Å². The highest BCUT2D eigenvalue weighted by atomic mass is 32.1. The molecule has 2 N–H and O–H groups in total. The van der Waals surface area contributed by atoms with E-state index in [2.05, 4.69) is 20.5 Å². The van der Waals surface area contributed by atoms with E-state index in [1.54, 1.807) is 17.6 Å². The summed E-state index contributed by atoms with van der Waals surface area (Å²) in [7, 11) is 0. The number of nitrogens with one attached hydrogen (secondary N) is 2. The number of para-hydroxylation sites is 2. The molecule has 1 saturated heterocycles. The highest BCUT2D eigenvalue weighted by Crippen LogP contribution is 2.26. The highest BCUT2D eigenvalue weighted by molar-refractivity contribution is 7.13. The molecule has 8 heteroatoms. The van der Waals surface area contributed by atoms with Gasteiger partial charge in [-0.3, -0.25) is 14.9 Å². The Kier molecular flexibility index (Phi) is 4.84. The fraction of sp³-hybridized carbons (Fsp3) is 0.267. The number of aromatic nitrogens is 1. The Labute approximate surface area is 137 Å². The van der Waals surface area contributed by atoms with E-state index in [0.717, 1.165) is 18.8 Å². The molecule has 1 aliphatic rings. The molecule has 0 unspecified atom stereocenters. The molecule has 1 aliphatic heterocycles. The van der Waals surface area contributed by atoms with Gasteiger partial charge in [0.15, 0.2) is 5.13 Å². The van der Waals surface area contributed by atoms with E-state index in [0.29, 0.717) is 24.0 Å². The molecule has 2 amide bonds. The maximum atomic E-state index is 12.1. The van der Waals surface area contributed by atoms with E-state index in [1.807, 2.05) is 18.2 Å². The summed E-state index contributed by atoms with van der Waals surface area (Å²) in [5, 5.41) is 7.25. The van der Waals surface area contributed by atoms with Crippen molar-refractivity contribution in [2.24, 2.45) is 0 Å². The van der Waals surface area contributed by atoms with E-state index in [9.17, 15) is 9.59 Å². The van der Waals surface area contributed by atoms with Crippen LogP contribution in [-0.4, -0.2) is 43.1 Å². The van der Waals surface area contributed by atoms with Gasteiger partial charge in [0.25, 0.3) is 0 Å². The van der Waals surface area contributed by atoms with Gasteiger partial charge in [0.1, 0.15) is 0 Å². The number of nitrogens with zero attached hydrogens (tertiary/aromatic N) is 2. The lowest BCUT2D eigenvalue weighted by atomic mass is 10.2. The van der Waals surface area contributed by atoms with Crippen molar-refractivity contribution in [2.75, 3.05) is 41.8 Å². The number of thiazole rings is 1. The van der Waals surface area contributed by atoms with Crippen LogP contribution in [-0.2, 0) is 14.3 Å². The monoisotopic (exact) mass is 332 g/mol. The van der Waals surface area contributed by atoms with E-state index in [1.165, 1.54) is 11.3 Å². The molecule has 1 aromatic carbocycles. The van der Waals surface area contributed by atoms with Crippen LogP contribution in [0.5, 0.6) is 0 Å². The minimum Gasteiger partial charge on any atom is -0.378 e. The van der Waals surface area contributed by atoms with Gasteiger partial charge in [-0.05, 0) is 12.1 Å². The lowest BCUT2D eigenvalue weighted by molar-refractivity contribution is -0.132. The first-order valence-electron chi connectivity index (χ1n) is 7.17. The van der Waals surface area contributed by atoms with Crippen LogP contribution in [0.4, 0.5) is 16.5 Å². The van der Waals surface area contributed by atoms with Gasteiger partial charge in [-0.15, -0.1) is 11.3 Å². The molecule has 0 saturated carbocycles. The summed E-state index contributed by atoms with van der Waals surface area (Å²) < 4.78 is 5.34. The van der Waals surface area contributed by atoms with Gasteiger partial charge in [0, 0.05) is 24.7 Å². The zero-order valence-corrected chi connectivity index (χ0v) is 13.1. The summed E-state index contributed by atoms with van der Waals surface area (Å²) in [6.07, 6.45) is 1.56. The van der Waals surface area contributed by atoms with Gasteiger partial charge < -0.3 is 15.0 Å². The fourth-order valence-corrected chi connectivity index (χ4v) is 2.80. The highest BCUT2D eigenvalue weighted by Gasteiger charge is 2.19. The Morgan fingerprint density at radius 2 is 1.87 bits per heavy atom. The molecule has 2 heterocycles. The van der Waals surface area contributed by atoms with Crippen molar-refractivity contribution in [3.8, 4) is 0 Å². The van der Waals surface area contributed by atoms with E-state index in [4.69, 9.17) is 4.74 Å². The zero-order valence-electron chi connectivity index (χ0n) is 12.3. The lowest BCUT2D eigenvalue weighted by Gasteiger charge is -2.30. The van der Waals surface area contributed by atoms with Crippen molar-refractivity contribution < 1.29 is 14.3 Å². The molecule has 0 spiro atoms. The molecular weight excluding hydrogens is 316 g/mol. The zero-order chi connectivity index (χ0) is 16.1. The Balaban J connectivity index is 1.69. The van der Waals surface area contributed by atoms with Crippen LogP contribution in [0.3, 0.4) is 0 Å². The summed E-state index contributed by atoms with van der Waals surface area (Å²) >= 11 is 1.26. The number of carbonyl (C=O) groups excluding carboxylic acids is 2. The lowest BCUT2D eigenvalue weighted by Crippen LogP contribution is -2.37. The van der Waals surface area contributed by atoms with Crippen LogP contribution in [0.15, 0.2) is 35.8 Å². The summed E-state index contributed by atoms with van der Waals surface area (Å²) in [6.45, 7) is 2.79. The number of morpholine rings is 1. The number of hydrogen-bond donors (Lipinski definition) is 2. The average Bonchev–Trinajstić information content (AvgIpc) is 3.09. The third kappa shape index (κ3) is 3.85. The first-order valence-corrected chi connectivity index (χ1v) is 8.05. The molecule has 1 aromatic heterocycles. The first kappa shape index (κ1) is 15.4. The van der Waals surface area contributed by atoms with E-state index < -0.39 is 11.8 Å². The maximum absolute atomic E-state index is 12.1. The van der Waals surface area contributed by atoms with Gasteiger partial charge in [-0.25, -0.2) is 4.98 Å². The van der Waals surface area contributed by atoms with E-state index >= 15 is 0 Å². The van der Waals surface area contributed by atoms with Crippen molar-refractivity contribution in [1.29, 1.82) is 0 Å². The smallest absolute Gasteiger partial charge is 0.315 e. The van der Waals surface area contributed by atoms with Crippen molar-refractivity contribution in [1.82, 2.24) is 4.98 Å². The second-order valence-electron chi connectivity index (χ2n) is 4.86. The van der Waals surface area contributed by atoms with Gasteiger partial charge in [-0.2, -0.15) is 0 Å². The van der Waals surface area contributed by atoms with Crippen LogP contribution >= 0.6 is 11.3 Å². The number of anilines is 3. The van der Waals surface area contributed by atoms with Crippen molar-refractivity contribution in [3.05, 3.63) is 35.8 Å². The van der Waals surface area contributed by atoms with Crippen LogP contribution in [0.25, 0.3) is 0 Å². The first-order chi connectivity index (χ1) is 11.2. The summed E-state index contributed by atoms with van der Waals surface area (Å²) in [5.41, 5.74) is 1.49. The molecule has 2 aromatic rings. The van der Waals surface area contributed by atoms with E-state index in [-0.39, 0.29) is 0 Å². The normalized spacial score (nSPS) is 14.3. The molecule has 0 aliphatic carbocycles. The van der Waals surface area contributed by atoms with Gasteiger partial charge in [0.2, 0.25) is 0 Å². The number of ether oxygens (including phenoxy) is 1. The van der Waals surface area contributed by atoms with Gasteiger partial charge in [0.05, 0.1) is 24.6 Å². The van der Waals surface area contributed by atoms with Crippen LogP contribution < -0.4 is 15.5 Å². The quantitative estimate of drug-likeness (QED) is 0.834. The molecule has 0 bridgehead atoms. The number of benzene rings is 1. The maximum Gasteiger partial charge on any atom is 0.315 e. The Morgan fingerprint density at radius 1 is 1.13 bits per heavy atom. The largest absolute Gasteiger partial charge is 0.378 e. The molecule has 0 atom stereocenters. The Morgan fingerprint density at radius 3 is 2.61 bits per heavy atom. The number of amides is 2. The average molecular weight is 332 g/mol. The Bertz CT molecular complexity index is 684. The molecule has 120 valence electrons. The predicted molar refractivity (Wildman–Crippen MR) is 88.8 cm³/mol. The molecular formula is C15H16N4O3S. The SMILES string of the molecule is O=C(Nc1nccs1)C(=O)Nc1ccccc1N1CCOCC1. The van der Waals surface area contributed by atoms with Gasteiger partial charge >= 0.3 is 11.8 Å². The number of carbonyl (C=O) groups is 2. The minimum absolute atomic E-state index is 0.395. The minimum atomic E-state index is -0.739. The second kappa shape index (κ2) is 7.21. The topological polar surface area (TPSA) is 83.6 Å². The van der Waals surface area contributed by atoms with Crippen LogP contribution in [0.1, 0.15) is 0 Å². The van der Waals surface area contributed by atoms with Gasteiger partial charge in [-0.1, -0.05) is 12.1 Å². The standard InChI is InChI=1S/C15H16N4O3S/c20-13(14(21)18-15-16-5-10-23-15)17-11-3-1-2-4-12(11)19-6-8-22-9-7-19/h1-5,10H,6-9H2,(H,17,20)(H,16,18,21). The molecule has 1 fully saturated rings. The Hall–Kier alpha value is -2.45. The molecule has 23 heavy (non-hydrogen) atoms. The van der Waals surface area contributed by atoms with Crippen LogP contribution in [0.2, 0.25) is 0 Å². The second-order valence-corrected chi connectivity index (χ2v) is 5.76. The summed E-state index contributed by atoms with van der Waals surface area (Å²) in [4.78, 5) is 30.0. The number of hydrogen-bond acceptors (Lipinski definition) is 6. The summed E-state index contributed by atoms with van der Waals surface area (Å²) in [5.74, 6) is -1.46. The third-order valence-electron chi connectivity index (χ3n) is 3.36. The molecule has 7 nitrogen and oxygen atoms in total. The fourth-order valence-electron chi connectivity index (χ4n) is 2.28. The van der Waals surface area contributed by atoms with Crippen molar-refractivity contribution >= 4 is 39.7 Å². The van der Waals surface area contributed by atoms with Crippen molar-refractivity contribution in [3.63, 3.8) is 0 Å². The molecule has 3 rings (SSSR count). The van der Waals surface area contributed by atoms with Crippen LogP contribution in [0, 0.1) is 0 Å².